The summed E-state index contributed by atoms with van der Waals surface area (Å²) in [4.78, 5) is 12.8. The van der Waals surface area contributed by atoms with Crippen molar-refractivity contribution in [1.29, 1.82) is 0 Å². The second kappa shape index (κ2) is 5.73. The van der Waals surface area contributed by atoms with Crippen LogP contribution in [-0.2, 0) is 5.60 Å². The molecule has 2 aromatic rings. The van der Waals surface area contributed by atoms with Crippen LogP contribution in [0.3, 0.4) is 0 Å². The highest BCUT2D eigenvalue weighted by atomic mass is 32.1. The number of aryl methyl sites for hydroxylation is 1. The Kier molecular flexibility index (Phi) is 4.20. The van der Waals surface area contributed by atoms with Crippen molar-refractivity contribution in [2.24, 2.45) is 0 Å². The van der Waals surface area contributed by atoms with Gasteiger partial charge in [-0.3, -0.25) is 4.79 Å². The molecule has 3 nitrogen and oxygen atoms in total. The van der Waals surface area contributed by atoms with Crippen LogP contribution in [0.2, 0.25) is 0 Å². The van der Waals surface area contributed by atoms with Gasteiger partial charge in [-0.05, 0) is 49.1 Å². The lowest BCUT2D eigenvalue weighted by Crippen LogP contribution is -2.38. The van der Waals surface area contributed by atoms with E-state index in [1.165, 1.54) is 29.5 Å². The van der Waals surface area contributed by atoms with Crippen LogP contribution < -0.4 is 5.32 Å². The molecular weight excluding hydrogens is 277 g/mol. The lowest BCUT2D eigenvalue weighted by Gasteiger charge is -2.22. The van der Waals surface area contributed by atoms with Crippen molar-refractivity contribution in [3.05, 3.63) is 57.5 Å². The van der Waals surface area contributed by atoms with E-state index in [0.29, 0.717) is 11.1 Å². The molecule has 0 aliphatic heterocycles. The Balaban J connectivity index is 2.03. The molecule has 2 N–H and O–H groups in total. The van der Waals surface area contributed by atoms with E-state index in [0.717, 1.165) is 4.88 Å². The summed E-state index contributed by atoms with van der Waals surface area (Å²) < 4.78 is 13.2. The molecule has 5 heteroatoms. The summed E-state index contributed by atoms with van der Waals surface area (Å²) in [5.41, 5.74) is -0.313. The van der Waals surface area contributed by atoms with E-state index in [2.05, 4.69) is 5.32 Å². The van der Waals surface area contributed by atoms with Gasteiger partial charge < -0.3 is 10.4 Å². The highest BCUT2D eigenvalue weighted by Gasteiger charge is 2.25. The summed E-state index contributed by atoms with van der Waals surface area (Å²) >= 11 is 1.43. The van der Waals surface area contributed by atoms with Gasteiger partial charge in [0.1, 0.15) is 11.4 Å². The van der Waals surface area contributed by atoms with Gasteiger partial charge >= 0.3 is 0 Å². The molecule has 0 bridgehead atoms. The standard InChI is InChI=1S/C15H16FNO2S/c1-10-8-11(5-6-12(10)16)14(18)17-9-15(2,19)13-4-3-7-20-13/h3-8,19H,9H2,1-2H3,(H,17,18). The van der Waals surface area contributed by atoms with E-state index in [9.17, 15) is 14.3 Å². The van der Waals surface area contributed by atoms with Crippen LogP contribution in [0.15, 0.2) is 35.7 Å². The molecule has 20 heavy (non-hydrogen) atoms. The zero-order valence-corrected chi connectivity index (χ0v) is 12.1. The number of aliphatic hydroxyl groups is 1. The third-order valence-electron chi connectivity index (χ3n) is 3.07. The van der Waals surface area contributed by atoms with E-state index in [1.807, 2.05) is 17.5 Å². The molecule has 0 fully saturated rings. The minimum absolute atomic E-state index is 0.1000. The number of nitrogens with one attached hydrogen (secondary N) is 1. The normalized spacial score (nSPS) is 13.8. The smallest absolute Gasteiger partial charge is 0.251 e. The van der Waals surface area contributed by atoms with Gasteiger partial charge in [0.15, 0.2) is 0 Å². The maximum absolute atomic E-state index is 13.2. The number of rotatable bonds is 4. The minimum Gasteiger partial charge on any atom is -0.383 e. The highest BCUT2D eigenvalue weighted by Crippen LogP contribution is 2.24. The first-order valence-corrected chi connectivity index (χ1v) is 7.09. The molecule has 1 amide bonds. The quantitative estimate of drug-likeness (QED) is 0.910. The first kappa shape index (κ1) is 14.7. The van der Waals surface area contributed by atoms with E-state index >= 15 is 0 Å². The molecule has 1 aromatic carbocycles. The van der Waals surface area contributed by atoms with Gasteiger partial charge in [0.05, 0.1) is 6.54 Å². The molecule has 1 unspecified atom stereocenters. The molecule has 0 saturated heterocycles. The van der Waals surface area contributed by atoms with Crippen LogP contribution in [0.25, 0.3) is 0 Å². The number of halogens is 1. The van der Waals surface area contributed by atoms with E-state index in [-0.39, 0.29) is 18.3 Å². The lowest BCUT2D eigenvalue weighted by molar-refractivity contribution is 0.0556. The van der Waals surface area contributed by atoms with Crippen LogP contribution >= 0.6 is 11.3 Å². The zero-order valence-electron chi connectivity index (χ0n) is 11.3. The maximum Gasteiger partial charge on any atom is 0.251 e. The topological polar surface area (TPSA) is 49.3 Å². The molecule has 1 aromatic heterocycles. The Bertz CT molecular complexity index is 608. The molecule has 106 valence electrons. The van der Waals surface area contributed by atoms with Crippen molar-refractivity contribution in [2.45, 2.75) is 19.4 Å². The van der Waals surface area contributed by atoms with Crippen LogP contribution in [0.4, 0.5) is 4.39 Å². The van der Waals surface area contributed by atoms with E-state index in [1.54, 1.807) is 13.8 Å². The molecular formula is C15H16FNO2S. The first-order valence-electron chi connectivity index (χ1n) is 6.21. The fraction of sp³-hybridized carbons (Fsp3) is 0.267. The van der Waals surface area contributed by atoms with Crippen LogP contribution in [0, 0.1) is 12.7 Å². The summed E-state index contributed by atoms with van der Waals surface area (Å²) in [6, 6.07) is 7.85. The van der Waals surface area contributed by atoms with Gasteiger partial charge in [0, 0.05) is 10.4 Å². The fourth-order valence-corrected chi connectivity index (χ4v) is 2.60. The molecule has 1 heterocycles. The van der Waals surface area contributed by atoms with Crippen molar-refractivity contribution in [3.8, 4) is 0 Å². The fourth-order valence-electron chi connectivity index (χ4n) is 1.81. The summed E-state index contributed by atoms with van der Waals surface area (Å²) in [5, 5.41) is 14.8. The molecule has 0 aliphatic rings. The van der Waals surface area contributed by atoms with Crippen molar-refractivity contribution >= 4 is 17.2 Å². The third-order valence-corrected chi connectivity index (χ3v) is 4.19. The predicted octanol–water partition coefficient (Wildman–Crippen LogP) is 2.83. The summed E-state index contributed by atoms with van der Waals surface area (Å²) in [6.45, 7) is 3.35. The Morgan fingerprint density at radius 3 is 2.80 bits per heavy atom. The maximum atomic E-state index is 13.2. The zero-order chi connectivity index (χ0) is 14.8. The van der Waals surface area contributed by atoms with Crippen LogP contribution in [0.1, 0.15) is 27.7 Å². The van der Waals surface area contributed by atoms with Crippen molar-refractivity contribution in [1.82, 2.24) is 5.32 Å². The van der Waals surface area contributed by atoms with E-state index in [4.69, 9.17) is 0 Å². The highest BCUT2D eigenvalue weighted by molar-refractivity contribution is 7.10. The van der Waals surface area contributed by atoms with Crippen molar-refractivity contribution in [2.75, 3.05) is 6.54 Å². The predicted molar refractivity (Wildman–Crippen MR) is 77.4 cm³/mol. The number of hydrogen-bond donors (Lipinski definition) is 2. The number of carbonyl (C=O) groups is 1. The largest absolute Gasteiger partial charge is 0.383 e. The second-order valence-corrected chi connectivity index (χ2v) is 5.85. The van der Waals surface area contributed by atoms with Gasteiger partial charge in [-0.15, -0.1) is 11.3 Å². The SMILES string of the molecule is Cc1cc(C(=O)NCC(C)(O)c2cccs2)ccc1F. The average Bonchev–Trinajstić information content (AvgIpc) is 2.94. The second-order valence-electron chi connectivity index (χ2n) is 4.90. The van der Waals surface area contributed by atoms with E-state index < -0.39 is 5.60 Å². The van der Waals surface area contributed by atoms with Crippen LogP contribution in [0.5, 0.6) is 0 Å². The number of benzene rings is 1. The monoisotopic (exact) mass is 293 g/mol. The Labute approximate surface area is 121 Å². The van der Waals surface area contributed by atoms with Crippen LogP contribution in [-0.4, -0.2) is 17.6 Å². The number of amides is 1. The van der Waals surface area contributed by atoms with Gasteiger partial charge in [0.2, 0.25) is 0 Å². The van der Waals surface area contributed by atoms with Gasteiger partial charge in [0.25, 0.3) is 5.91 Å². The molecule has 0 saturated carbocycles. The Hall–Kier alpha value is -1.72. The van der Waals surface area contributed by atoms with Gasteiger partial charge in [-0.25, -0.2) is 4.39 Å². The van der Waals surface area contributed by atoms with Gasteiger partial charge in [-0.2, -0.15) is 0 Å². The van der Waals surface area contributed by atoms with Gasteiger partial charge in [-0.1, -0.05) is 6.07 Å². The molecule has 2 rings (SSSR count). The van der Waals surface area contributed by atoms with Crippen molar-refractivity contribution in [3.63, 3.8) is 0 Å². The molecule has 1 atom stereocenters. The average molecular weight is 293 g/mol. The Morgan fingerprint density at radius 1 is 1.45 bits per heavy atom. The summed E-state index contributed by atoms with van der Waals surface area (Å²) in [7, 11) is 0. The van der Waals surface area contributed by atoms with Crippen molar-refractivity contribution < 1.29 is 14.3 Å². The molecule has 0 aliphatic carbocycles. The molecule has 0 spiro atoms. The number of thiophene rings is 1. The third kappa shape index (κ3) is 3.23. The minimum atomic E-state index is -1.11. The number of hydrogen-bond acceptors (Lipinski definition) is 3. The lowest BCUT2D eigenvalue weighted by atomic mass is 10.0. The summed E-state index contributed by atoms with van der Waals surface area (Å²) in [5.74, 6) is -0.669. The Morgan fingerprint density at radius 2 is 2.20 bits per heavy atom. The molecule has 0 radical (unpaired) electrons. The summed E-state index contributed by atoms with van der Waals surface area (Å²) in [6.07, 6.45) is 0. The first-order chi connectivity index (χ1) is 9.40. The number of carbonyl (C=O) groups excluding carboxylic acids is 1.